The highest BCUT2D eigenvalue weighted by Crippen LogP contribution is 2.11. The van der Waals surface area contributed by atoms with Crippen LogP contribution in [0.3, 0.4) is 0 Å². The number of sulfone groups is 1. The zero-order valence-electron chi connectivity index (χ0n) is 10.1. The van der Waals surface area contributed by atoms with Crippen LogP contribution in [0.15, 0.2) is 11.5 Å². The number of amides is 1. The molecule has 0 unspecified atom stereocenters. The van der Waals surface area contributed by atoms with Crippen LogP contribution in [0.1, 0.15) is 20.3 Å². The Morgan fingerprint density at radius 3 is 2.67 bits per heavy atom. The molecule has 1 rings (SSSR count). The Bertz CT molecular complexity index is 483. The van der Waals surface area contributed by atoms with Gasteiger partial charge in [-0.2, -0.15) is 5.10 Å². The summed E-state index contributed by atoms with van der Waals surface area (Å²) in [6.07, 6.45) is 0.280. The van der Waals surface area contributed by atoms with Gasteiger partial charge in [0.25, 0.3) is 0 Å². The molecule has 0 spiro atoms. The van der Waals surface area contributed by atoms with E-state index in [1.165, 1.54) is 0 Å². The molecular formula is C9H16N4O4S. The number of carboxylic acid groups (broad SMARTS) is 1. The number of carbonyl (C=O) groups is 1. The number of hydrogen-bond acceptors (Lipinski definition) is 5. The quantitative estimate of drug-likeness (QED) is 0.684. The van der Waals surface area contributed by atoms with Crippen LogP contribution in [0.25, 0.3) is 0 Å². The van der Waals surface area contributed by atoms with Crippen molar-refractivity contribution >= 4 is 15.9 Å². The Hall–Kier alpha value is -1.64. The minimum Gasteiger partial charge on any atom is -0.465 e. The Kier molecular flexibility index (Phi) is 4.65. The summed E-state index contributed by atoms with van der Waals surface area (Å²) in [4.78, 5) is 14.2. The molecule has 0 aromatic carbocycles. The summed E-state index contributed by atoms with van der Waals surface area (Å²) in [6, 6.07) is -0.669. The number of hydrogen-bond donors (Lipinski definition) is 3. The van der Waals surface area contributed by atoms with Gasteiger partial charge in [0, 0.05) is 6.04 Å². The van der Waals surface area contributed by atoms with Crippen LogP contribution < -0.4 is 5.32 Å². The maximum atomic E-state index is 11.9. The number of aromatic nitrogens is 3. The van der Waals surface area contributed by atoms with Gasteiger partial charge in [0.15, 0.2) is 0 Å². The lowest BCUT2D eigenvalue weighted by Gasteiger charge is -2.18. The van der Waals surface area contributed by atoms with Crippen LogP contribution in [0.2, 0.25) is 0 Å². The molecule has 1 amide bonds. The van der Waals surface area contributed by atoms with Crippen molar-refractivity contribution in [2.45, 2.75) is 31.5 Å². The predicted octanol–water partition coefficient (Wildman–Crippen LogP) is 0.261. The first-order valence-electron chi connectivity index (χ1n) is 5.39. The van der Waals surface area contributed by atoms with Crippen LogP contribution >= 0.6 is 0 Å². The van der Waals surface area contributed by atoms with Gasteiger partial charge in [-0.1, -0.05) is 13.8 Å². The molecular weight excluding hydrogens is 260 g/mol. The number of rotatable bonds is 6. The number of nitrogens with one attached hydrogen (secondary N) is 2. The first-order valence-corrected chi connectivity index (χ1v) is 7.04. The van der Waals surface area contributed by atoms with Crippen LogP contribution in [-0.2, 0) is 9.84 Å². The van der Waals surface area contributed by atoms with Crippen molar-refractivity contribution in [3.05, 3.63) is 6.33 Å². The van der Waals surface area contributed by atoms with E-state index in [1.54, 1.807) is 0 Å². The molecule has 0 aliphatic heterocycles. The molecule has 0 radical (unpaired) electrons. The van der Waals surface area contributed by atoms with Gasteiger partial charge >= 0.3 is 6.09 Å². The highest BCUT2D eigenvalue weighted by atomic mass is 32.2. The maximum Gasteiger partial charge on any atom is 0.404 e. The van der Waals surface area contributed by atoms with Crippen LogP contribution in [-0.4, -0.2) is 46.6 Å². The summed E-state index contributed by atoms with van der Waals surface area (Å²) in [5.41, 5.74) is 0. The number of H-pyrrole nitrogens is 1. The van der Waals surface area contributed by atoms with Crippen molar-refractivity contribution in [2.75, 3.05) is 5.75 Å². The van der Waals surface area contributed by atoms with Gasteiger partial charge in [0.2, 0.25) is 15.0 Å². The van der Waals surface area contributed by atoms with Crippen LogP contribution in [0.4, 0.5) is 4.79 Å². The highest BCUT2D eigenvalue weighted by Gasteiger charge is 2.25. The van der Waals surface area contributed by atoms with Gasteiger partial charge < -0.3 is 10.4 Å². The summed E-state index contributed by atoms with van der Waals surface area (Å²) in [5.74, 6) is -0.168. The van der Waals surface area contributed by atoms with Gasteiger partial charge in [-0.3, -0.25) is 5.10 Å². The third-order valence-electron chi connectivity index (χ3n) is 2.19. The Balaban J connectivity index is 2.79. The Morgan fingerprint density at radius 2 is 2.22 bits per heavy atom. The second-order valence-corrected chi connectivity index (χ2v) is 6.30. The summed E-state index contributed by atoms with van der Waals surface area (Å²) >= 11 is 0. The first kappa shape index (κ1) is 14.4. The van der Waals surface area contributed by atoms with E-state index in [0.29, 0.717) is 6.42 Å². The molecule has 0 fully saturated rings. The standard InChI is InChI=1S/C9H16N4O4S/c1-6(2)3-7(12-9(14)15)4-18(16,17)8-10-5-11-13-8/h5-7,12H,3-4H2,1-2H3,(H,14,15)(H,10,11,13)/t7-/m0/s1. The highest BCUT2D eigenvalue weighted by molar-refractivity contribution is 7.91. The third-order valence-corrected chi connectivity index (χ3v) is 3.82. The van der Waals surface area contributed by atoms with E-state index < -0.39 is 22.0 Å². The van der Waals surface area contributed by atoms with E-state index >= 15 is 0 Å². The number of nitrogens with zero attached hydrogens (tertiary/aromatic N) is 2. The monoisotopic (exact) mass is 276 g/mol. The lowest BCUT2D eigenvalue weighted by atomic mass is 10.1. The zero-order valence-corrected chi connectivity index (χ0v) is 10.9. The molecule has 0 aliphatic rings. The van der Waals surface area contributed by atoms with Gasteiger partial charge in [0.05, 0.1) is 5.75 Å². The summed E-state index contributed by atoms with van der Waals surface area (Å²) < 4.78 is 23.8. The Labute approximate surface area is 105 Å². The maximum absolute atomic E-state index is 11.9. The minimum absolute atomic E-state index is 0.173. The molecule has 1 aromatic rings. The number of aromatic amines is 1. The first-order chi connectivity index (χ1) is 8.31. The predicted molar refractivity (Wildman–Crippen MR) is 62.8 cm³/mol. The molecule has 0 aliphatic carbocycles. The van der Waals surface area contributed by atoms with Crippen molar-refractivity contribution in [3.63, 3.8) is 0 Å². The lowest BCUT2D eigenvalue weighted by Crippen LogP contribution is -2.40. The van der Waals surface area contributed by atoms with E-state index in [-0.39, 0.29) is 16.8 Å². The molecule has 0 saturated carbocycles. The molecule has 102 valence electrons. The van der Waals surface area contributed by atoms with Crippen LogP contribution in [0, 0.1) is 5.92 Å². The summed E-state index contributed by atoms with van der Waals surface area (Å²) in [7, 11) is -3.66. The Morgan fingerprint density at radius 1 is 1.56 bits per heavy atom. The van der Waals surface area contributed by atoms with Crippen LogP contribution in [0.5, 0.6) is 0 Å². The zero-order chi connectivity index (χ0) is 13.8. The molecule has 0 bridgehead atoms. The van der Waals surface area contributed by atoms with E-state index in [9.17, 15) is 13.2 Å². The van der Waals surface area contributed by atoms with Gasteiger partial charge in [-0.15, -0.1) is 0 Å². The molecule has 9 heteroatoms. The fourth-order valence-electron chi connectivity index (χ4n) is 1.60. The minimum atomic E-state index is -3.66. The van der Waals surface area contributed by atoms with Crippen molar-refractivity contribution in [3.8, 4) is 0 Å². The molecule has 1 atom stereocenters. The third kappa shape index (κ3) is 4.32. The summed E-state index contributed by atoms with van der Waals surface area (Å²) in [6.45, 7) is 3.77. The fourth-order valence-corrected chi connectivity index (χ4v) is 2.91. The van der Waals surface area contributed by atoms with Crippen molar-refractivity contribution in [1.29, 1.82) is 0 Å². The lowest BCUT2D eigenvalue weighted by molar-refractivity contribution is 0.189. The van der Waals surface area contributed by atoms with E-state index in [1.807, 2.05) is 13.8 Å². The molecule has 3 N–H and O–H groups in total. The van der Waals surface area contributed by atoms with E-state index in [0.717, 1.165) is 6.33 Å². The molecule has 1 aromatic heterocycles. The van der Waals surface area contributed by atoms with Crippen molar-refractivity contribution < 1.29 is 18.3 Å². The molecule has 0 saturated heterocycles. The second-order valence-electron chi connectivity index (χ2n) is 4.35. The normalized spacial score (nSPS) is 13.5. The van der Waals surface area contributed by atoms with E-state index in [4.69, 9.17) is 5.11 Å². The average Bonchev–Trinajstić information content (AvgIpc) is 2.66. The van der Waals surface area contributed by atoms with Gasteiger partial charge in [-0.25, -0.2) is 18.2 Å². The SMILES string of the molecule is CC(C)C[C@@H](CS(=O)(=O)c1ncn[nH]1)NC(=O)O. The molecule has 18 heavy (non-hydrogen) atoms. The average molecular weight is 276 g/mol. The molecule has 1 heterocycles. The van der Waals surface area contributed by atoms with Crippen molar-refractivity contribution in [1.82, 2.24) is 20.5 Å². The summed E-state index contributed by atoms with van der Waals surface area (Å²) in [5, 5.41) is 16.4. The van der Waals surface area contributed by atoms with E-state index in [2.05, 4.69) is 20.5 Å². The second kappa shape index (κ2) is 5.80. The largest absolute Gasteiger partial charge is 0.465 e. The molecule has 8 nitrogen and oxygen atoms in total. The smallest absolute Gasteiger partial charge is 0.404 e. The van der Waals surface area contributed by atoms with Gasteiger partial charge in [-0.05, 0) is 12.3 Å². The topological polar surface area (TPSA) is 125 Å². The van der Waals surface area contributed by atoms with Crippen molar-refractivity contribution in [2.24, 2.45) is 5.92 Å². The van der Waals surface area contributed by atoms with Gasteiger partial charge in [0.1, 0.15) is 6.33 Å². The fraction of sp³-hybridized carbons (Fsp3) is 0.667.